The van der Waals surface area contributed by atoms with Crippen LogP contribution in [0.1, 0.15) is 24.3 Å². The summed E-state index contributed by atoms with van der Waals surface area (Å²) in [5.74, 6) is 0.450. The van der Waals surface area contributed by atoms with E-state index in [1.165, 1.54) is 0 Å². The van der Waals surface area contributed by atoms with Crippen molar-refractivity contribution < 1.29 is 4.79 Å². The van der Waals surface area contributed by atoms with Crippen molar-refractivity contribution in [1.82, 2.24) is 25.4 Å². The van der Waals surface area contributed by atoms with E-state index in [0.29, 0.717) is 18.1 Å². The van der Waals surface area contributed by atoms with Crippen molar-refractivity contribution in [3.8, 4) is 5.82 Å². The van der Waals surface area contributed by atoms with Gasteiger partial charge in [-0.3, -0.25) is 4.79 Å². The van der Waals surface area contributed by atoms with E-state index in [-0.39, 0.29) is 11.9 Å². The predicted molar refractivity (Wildman–Crippen MR) is 76.8 cm³/mol. The molecule has 0 aliphatic rings. The summed E-state index contributed by atoms with van der Waals surface area (Å²) in [6, 6.07) is 7.35. The van der Waals surface area contributed by atoms with Crippen LogP contribution in [0.2, 0.25) is 0 Å². The number of hydrogen-bond acceptors (Lipinski definition) is 4. The first-order chi connectivity index (χ1) is 9.70. The molecule has 2 N–H and O–H groups in total. The number of carbonyl (C=O) groups excluding carboxylic acids is 1. The highest BCUT2D eigenvalue weighted by atomic mass is 16.1. The fraction of sp³-hybridized carbons (Fsp3) is 0.357. The second kappa shape index (κ2) is 6.81. The highest BCUT2D eigenvalue weighted by Crippen LogP contribution is 2.04. The van der Waals surface area contributed by atoms with Crippen LogP contribution >= 0.6 is 0 Å². The predicted octanol–water partition coefficient (Wildman–Crippen LogP) is 0.995. The number of hydrogen-bond donors (Lipinski definition) is 2. The van der Waals surface area contributed by atoms with Gasteiger partial charge >= 0.3 is 0 Å². The summed E-state index contributed by atoms with van der Waals surface area (Å²) in [6.07, 6.45) is 3.46. The van der Waals surface area contributed by atoms with Gasteiger partial charge in [-0.25, -0.2) is 9.67 Å². The van der Waals surface area contributed by atoms with Crippen LogP contribution in [0.5, 0.6) is 0 Å². The highest BCUT2D eigenvalue weighted by molar-refractivity contribution is 5.92. The molecule has 0 fully saturated rings. The molecule has 0 unspecified atom stereocenters. The molecular formula is C14H19N5O. The zero-order valence-electron chi connectivity index (χ0n) is 11.7. The summed E-state index contributed by atoms with van der Waals surface area (Å²) in [7, 11) is 0. The minimum absolute atomic E-state index is 0.177. The Hall–Kier alpha value is -2.21. The summed E-state index contributed by atoms with van der Waals surface area (Å²) in [5, 5.41) is 10.2. The molecule has 2 aromatic rings. The smallest absolute Gasteiger partial charge is 0.270 e. The summed E-state index contributed by atoms with van der Waals surface area (Å²) >= 11 is 0. The van der Waals surface area contributed by atoms with Gasteiger partial charge in [0, 0.05) is 25.0 Å². The van der Waals surface area contributed by atoms with Gasteiger partial charge in [-0.2, -0.15) is 5.10 Å². The Kier molecular flexibility index (Phi) is 4.84. The summed E-state index contributed by atoms with van der Waals surface area (Å²) in [4.78, 5) is 16.4. The second-order valence-electron chi connectivity index (χ2n) is 4.50. The van der Waals surface area contributed by atoms with Crippen molar-refractivity contribution >= 4 is 5.91 Å². The van der Waals surface area contributed by atoms with E-state index in [4.69, 9.17) is 0 Å². The molecule has 20 heavy (non-hydrogen) atoms. The van der Waals surface area contributed by atoms with E-state index in [1.54, 1.807) is 29.2 Å². The Morgan fingerprint density at radius 3 is 2.95 bits per heavy atom. The van der Waals surface area contributed by atoms with E-state index >= 15 is 0 Å². The number of rotatable bonds is 6. The fourth-order valence-electron chi connectivity index (χ4n) is 1.84. The van der Waals surface area contributed by atoms with Crippen LogP contribution in [-0.2, 0) is 0 Å². The number of nitrogens with zero attached hydrogens (tertiary/aromatic N) is 3. The van der Waals surface area contributed by atoms with Gasteiger partial charge in [0.1, 0.15) is 5.69 Å². The standard InChI is InChI=1S/C14H19N5O/c1-3-15-11(2)10-16-14(20)12-6-4-7-13(18-12)19-9-5-8-17-19/h4-9,11,15H,3,10H2,1-2H3,(H,16,20)/t11-/m1/s1. The molecule has 0 radical (unpaired) electrons. The molecule has 0 aliphatic carbocycles. The van der Waals surface area contributed by atoms with Gasteiger partial charge in [0.05, 0.1) is 0 Å². The Morgan fingerprint density at radius 1 is 1.40 bits per heavy atom. The molecule has 6 heteroatoms. The lowest BCUT2D eigenvalue weighted by Gasteiger charge is -2.13. The molecule has 0 bridgehead atoms. The van der Waals surface area contributed by atoms with Crippen LogP contribution in [0, 0.1) is 0 Å². The summed E-state index contributed by atoms with van der Waals surface area (Å²) < 4.78 is 1.62. The van der Waals surface area contributed by atoms with Crippen molar-refractivity contribution in [2.45, 2.75) is 19.9 Å². The molecule has 0 saturated carbocycles. The third-order valence-electron chi connectivity index (χ3n) is 2.83. The zero-order valence-corrected chi connectivity index (χ0v) is 11.7. The maximum Gasteiger partial charge on any atom is 0.270 e. The molecule has 2 rings (SSSR count). The van der Waals surface area contributed by atoms with Crippen molar-refractivity contribution in [3.63, 3.8) is 0 Å². The van der Waals surface area contributed by atoms with Crippen LogP contribution in [0.15, 0.2) is 36.7 Å². The molecule has 6 nitrogen and oxygen atoms in total. The molecule has 1 amide bonds. The van der Waals surface area contributed by atoms with Crippen molar-refractivity contribution in [2.75, 3.05) is 13.1 Å². The lowest BCUT2D eigenvalue weighted by atomic mass is 10.3. The number of nitrogens with one attached hydrogen (secondary N) is 2. The van der Waals surface area contributed by atoms with Gasteiger partial charge in [0.15, 0.2) is 5.82 Å². The van der Waals surface area contributed by atoms with Crippen molar-refractivity contribution in [3.05, 3.63) is 42.4 Å². The topological polar surface area (TPSA) is 71.8 Å². The molecule has 2 heterocycles. The van der Waals surface area contributed by atoms with Gasteiger partial charge in [-0.1, -0.05) is 13.0 Å². The SMILES string of the molecule is CCN[C@H](C)CNC(=O)c1cccc(-n2cccn2)n1. The number of amides is 1. The monoisotopic (exact) mass is 273 g/mol. The maximum absolute atomic E-state index is 12.0. The highest BCUT2D eigenvalue weighted by Gasteiger charge is 2.10. The molecule has 0 aromatic carbocycles. The lowest BCUT2D eigenvalue weighted by Crippen LogP contribution is -2.39. The van der Waals surface area contributed by atoms with Gasteiger partial charge in [-0.05, 0) is 31.7 Å². The Bertz CT molecular complexity index is 552. The molecule has 1 atom stereocenters. The van der Waals surface area contributed by atoms with Crippen molar-refractivity contribution in [2.24, 2.45) is 0 Å². The third-order valence-corrected chi connectivity index (χ3v) is 2.83. The average molecular weight is 273 g/mol. The Labute approximate surface area is 118 Å². The minimum atomic E-state index is -0.177. The first-order valence-electron chi connectivity index (χ1n) is 6.69. The number of likely N-dealkylation sites (N-methyl/N-ethyl adjacent to an activating group) is 1. The number of pyridine rings is 1. The van der Waals surface area contributed by atoms with Crippen molar-refractivity contribution in [1.29, 1.82) is 0 Å². The zero-order chi connectivity index (χ0) is 14.4. The molecule has 0 spiro atoms. The minimum Gasteiger partial charge on any atom is -0.349 e. The maximum atomic E-state index is 12.0. The van der Waals surface area contributed by atoms with E-state index in [1.807, 2.05) is 26.0 Å². The van der Waals surface area contributed by atoms with Gasteiger partial charge in [0.2, 0.25) is 0 Å². The van der Waals surface area contributed by atoms with Crippen LogP contribution in [0.3, 0.4) is 0 Å². The average Bonchev–Trinajstić information content (AvgIpc) is 2.99. The molecular weight excluding hydrogens is 254 g/mol. The van der Waals surface area contributed by atoms with E-state index in [9.17, 15) is 4.79 Å². The first-order valence-corrected chi connectivity index (χ1v) is 6.69. The first kappa shape index (κ1) is 14.2. The molecule has 0 aliphatic heterocycles. The molecule has 106 valence electrons. The second-order valence-corrected chi connectivity index (χ2v) is 4.50. The van der Waals surface area contributed by atoms with E-state index in [2.05, 4.69) is 20.7 Å². The quantitative estimate of drug-likeness (QED) is 0.823. The Morgan fingerprint density at radius 2 is 2.25 bits per heavy atom. The number of carbonyl (C=O) groups is 1. The van der Waals surface area contributed by atoms with Crippen LogP contribution in [0.25, 0.3) is 5.82 Å². The van der Waals surface area contributed by atoms with Crippen LogP contribution in [-0.4, -0.2) is 39.8 Å². The van der Waals surface area contributed by atoms with Gasteiger partial charge < -0.3 is 10.6 Å². The third kappa shape index (κ3) is 3.64. The fourth-order valence-corrected chi connectivity index (χ4v) is 1.84. The van der Waals surface area contributed by atoms with Crippen LogP contribution in [0.4, 0.5) is 0 Å². The summed E-state index contributed by atoms with van der Waals surface area (Å²) in [6.45, 7) is 5.51. The van der Waals surface area contributed by atoms with E-state index in [0.717, 1.165) is 6.54 Å². The number of aromatic nitrogens is 3. The van der Waals surface area contributed by atoms with Crippen LogP contribution < -0.4 is 10.6 Å². The summed E-state index contributed by atoms with van der Waals surface area (Å²) in [5.41, 5.74) is 0.390. The van der Waals surface area contributed by atoms with E-state index < -0.39 is 0 Å². The molecule has 0 saturated heterocycles. The Balaban J connectivity index is 2.02. The van der Waals surface area contributed by atoms with Gasteiger partial charge in [0.25, 0.3) is 5.91 Å². The largest absolute Gasteiger partial charge is 0.349 e. The van der Waals surface area contributed by atoms with Gasteiger partial charge in [-0.15, -0.1) is 0 Å². The molecule has 2 aromatic heterocycles. The lowest BCUT2D eigenvalue weighted by molar-refractivity contribution is 0.0945. The normalized spacial score (nSPS) is 12.1.